The Hall–Kier alpha value is -4.07. The minimum atomic E-state index is -1.000. The second-order valence-corrected chi connectivity index (χ2v) is 18.1. The first-order valence-corrected chi connectivity index (χ1v) is 21.8. The molecule has 3 aromatic rings. The van der Waals surface area contributed by atoms with E-state index < -0.39 is 29.3 Å². The zero-order valence-corrected chi connectivity index (χ0v) is 34.3. The molecule has 1 heterocycles. The number of phenols is 3. The minimum Gasteiger partial charge on any atom is -0.504 e. The van der Waals surface area contributed by atoms with E-state index >= 15 is 4.79 Å². The summed E-state index contributed by atoms with van der Waals surface area (Å²) in [6, 6.07) is 17.1. The fraction of sp³-hybridized carbons (Fsp3) is 0.571. The molecule has 8 rings (SSSR count). The summed E-state index contributed by atoms with van der Waals surface area (Å²) in [5, 5.41) is 64.6. The number of rotatable bonds is 11. The van der Waals surface area contributed by atoms with Crippen molar-refractivity contribution in [3.8, 4) is 34.8 Å². The molecule has 310 valence electrons. The molecule has 0 radical (unpaired) electrons. The number of ether oxygens (including phenoxy) is 1. The maximum absolute atomic E-state index is 15.4. The number of methoxy groups -OCH3 is 1. The number of aromatic hydroxyl groups is 3. The predicted octanol–water partition coefficient (Wildman–Crippen LogP) is 6.68. The van der Waals surface area contributed by atoms with Crippen molar-refractivity contribution >= 4 is 5.78 Å². The lowest BCUT2D eigenvalue weighted by molar-refractivity contribution is -0.140. The molecule has 9 nitrogen and oxygen atoms in total. The standard InChI is InChI=1S/C49H62N2O7/c1-4-5-7-12-34-41(53)21-36(37-23-45(58-3)44(56)19-33(37)27-52)29(17-28-10-8-6-9-11-28)13-14-31-26-51-46-16-15-30-18-32(25-50-2)35-20-39(30)49(46,47(31)48(34)57)40-24-43(55)42(54)22-38(35)40/h6,8-11,19,22-24,29-32,34-36,39,46-48,50-52,54-57H,4-5,7,12,15-18,20-21,25-27H2,1-3H3/t29-,30-,31-,32+,34+,35+,36-,39-,46+,47+,48-,49-/m0/s1. The third kappa shape index (κ3) is 6.98. The van der Waals surface area contributed by atoms with Gasteiger partial charge in [-0.1, -0.05) is 68.4 Å². The van der Waals surface area contributed by atoms with Gasteiger partial charge in [0.25, 0.3) is 0 Å². The first-order valence-electron chi connectivity index (χ1n) is 21.8. The SMILES string of the molecule is CCCCC[C@@H]1C(=O)C[C@H](c2cc(OC)c(O)cc2CO)[C@H](Cc2ccccc2)C#C[C@H]2CN[C@@H]3CC[C@H]4C[C@H](CNC)[C@H]5C[C@@H]4[C@@]3(c3cc(O)c(O)cc35)[C@H]2[C@H]1O. The topological polar surface area (TPSA) is 152 Å². The molecule has 1 spiro atoms. The Labute approximate surface area is 343 Å². The molecule has 3 aromatic carbocycles. The van der Waals surface area contributed by atoms with Crippen LogP contribution >= 0.6 is 0 Å². The molecule has 58 heavy (non-hydrogen) atoms. The van der Waals surface area contributed by atoms with E-state index in [1.54, 1.807) is 18.2 Å². The van der Waals surface area contributed by atoms with Gasteiger partial charge in [0.2, 0.25) is 0 Å². The van der Waals surface area contributed by atoms with Gasteiger partial charge in [-0.25, -0.2) is 0 Å². The van der Waals surface area contributed by atoms with Crippen LogP contribution in [0, 0.1) is 53.3 Å². The van der Waals surface area contributed by atoms with Crippen LogP contribution in [0.1, 0.15) is 104 Å². The number of piperidine rings is 1. The van der Waals surface area contributed by atoms with Crippen LogP contribution in [0.5, 0.6) is 23.0 Å². The largest absolute Gasteiger partial charge is 0.504 e. The second-order valence-electron chi connectivity index (χ2n) is 18.1. The molecule has 0 amide bonds. The Morgan fingerprint density at radius 1 is 0.948 bits per heavy atom. The lowest BCUT2D eigenvalue weighted by Crippen LogP contribution is -2.72. The highest BCUT2D eigenvalue weighted by Crippen LogP contribution is 2.67. The van der Waals surface area contributed by atoms with Crippen molar-refractivity contribution in [2.45, 2.75) is 107 Å². The molecular formula is C49H62N2O7. The summed E-state index contributed by atoms with van der Waals surface area (Å²) in [6.45, 7) is 3.25. The van der Waals surface area contributed by atoms with Crippen LogP contribution < -0.4 is 15.4 Å². The number of unbranched alkanes of at least 4 members (excludes halogenated alkanes) is 2. The molecule has 2 saturated carbocycles. The van der Waals surface area contributed by atoms with Gasteiger partial charge in [-0.05, 0) is 128 Å². The average Bonchev–Trinajstić information content (AvgIpc) is 3.23. The van der Waals surface area contributed by atoms with Crippen LogP contribution in [0.4, 0.5) is 0 Å². The number of carbonyl (C=O) groups is 1. The number of aliphatic hydroxyl groups excluding tert-OH is 2. The number of aliphatic hydroxyl groups is 2. The van der Waals surface area contributed by atoms with Gasteiger partial charge in [0.1, 0.15) is 5.78 Å². The molecule has 0 unspecified atom stereocenters. The summed E-state index contributed by atoms with van der Waals surface area (Å²) in [4.78, 5) is 15.4. The number of benzene rings is 3. The number of ketones is 1. The fourth-order valence-corrected chi connectivity index (χ4v) is 12.9. The van der Waals surface area contributed by atoms with Crippen LogP contribution in [-0.2, 0) is 23.2 Å². The number of carbonyl (C=O) groups excluding carboxylic acids is 1. The molecule has 5 aliphatic rings. The zero-order chi connectivity index (χ0) is 40.7. The molecule has 4 aliphatic carbocycles. The van der Waals surface area contributed by atoms with Crippen molar-refractivity contribution in [3.63, 3.8) is 0 Å². The van der Waals surface area contributed by atoms with Crippen LogP contribution in [0.2, 0.25) is 0 Å². The van der Waals surface area contributed by atoms with Gasteiger partial charge < -0.3 is 40.9 Å². The highest BCUT2D eigenvalue weighted by molar-refractivity contribution is 5.83. The zero-order valence-electron chi connectivity index (χ0n) is 34.3. The Bertz CT molecular complexity index is 2030. The van der Waals surface area contributed by atoms with E-state index in [1.807, 2.05) is 25.2 Å². The average molecular weight is 791 g/mol. The van der Waals surface area contributed by atoms with Crippen LogP contribution in [-0.4, -0.2) is 70.7 Å². The maximum atomic E-state index is 15.4. The third-order valence-electron chi connectivity index (χ3n) is 15.3. The first-order chi connectivity index (χ1) is 28.1. The van der Waals surface area contributed by atoms with Crippen molar-refractivity contribution in [2.24, 2.45) is 41.4 Å². The van der Waals surface area contributed by atoms with Crippen molar-refractivity contribution in [2.75, 3.05) is 27.2 Å². The van der Waals surface area contributed by atoms with Gasteiger partial charge in [-0.3, -0.25) is 4.79 Å². The second kappa shape index (κ2) is 16.9. The summed E-state index contributed by atoms with van der Waals surface area (Å²) in [5.41, 5.74) is 3.78. The van der Waals surface area contributed by atoms with Gasteiger partial charge >= 0.3 is 0 Å². The number of nitrogens with one attached hydrogen (secondary N) is 2. The molecule has 0 aromatic heterocycles. The third-order valence-corrected chi connectivity index (χ3v) is 15.3. The van der Waals surface area contributed by atoms with E-state index in [0.29, 0.717) is 36.8 Å². The van der Waals surface area contributed by atoms with E-state index in [4.69, 9.17) is 4.74 Å². The molecular weight excluding hydrogens is 729 g/mol. The van der Waals surface area contributed by atoms with Crippen molar-refractivity contribution in [1.29, 1.82) is 0 Å². The molecule has 2 bridgehead atoms. The van der Waals surface area contributed by atoms with Gasteiger partial charge in [0.05, 0.1) is 19.8 Å². The van der Waals surface area contributed by atoms with Crippen molar-refractivity contribution < 1.29 is 35.1 Å². The fourth-order valence-electron chi connectivity index (χ4n) is 12.9. The Morgan fingerprint density at radius 2 is 1.74 bits per heavy atom. The van der Waals surface area contributed by atoms with Gasteiger partial charge in [0.15, 0.2) is 23.0 Å². The monoisotopic (exact) mass is 790 g/mol. The minimum absolute atomic E-state index is 0.00900. The molecule has 7 N–H and O–H groups in total. The first kappa shape index (κ1) is 40.7. The highest BCUT2D eigenvalue weighted by atomic mass is 16.5. The number of fused-ring (bicyclic) bond motifs is 4. The Kier molecular flexibility index (Phi) is 11.9. The molecule has 1 aliphatic heterocycles. The van der Waals surface area contributed by atoms with E-state index in [1.165, 1.54) is 13.2 Å². The summed E-state index contributed by atoms with van der Waals surface area (Å²) < 4.78 is 5.58. The Morgan fingerprint density at radius 3 is 2.48 bits per heavy atom. The van der Waals surface area contributed by atoms with E-state index in [0.717, 1.165) is 73.7 Å². The number of phenolic OH excluding ortho intramolecular Hbond substituents is 3. The maximum Gasteiger partial charge on any atom is 0.160 e. The smallest absolute Gasteiger partial charge is 0.160 e. The normalized spacial score (nSPS) is 33.8. The molecule has 3 fully saturated rings. The van der Waals surface area contributed by atoms with Gasteiger partial charge in [0, 0.05) is 54.0 Å². The van der Waals surface area contributed by atoms with Gasteiger partial charge in [-0.15, -0.1) is 0 Å². The predicted molar refractivity (Wildman–Crippen MR) is 224 cm³/mol. The number of Topliss-reactive ketones (excluding diaryl/α,β-unsaturated/α-hetero) is 1. The lowest BCUT2D eigenvalue weighted by atomic mass is 9.39. The highest BCUT2D eigenvalue weighted by Gasteiger charge is 2.67. The summed E-state index contributed by atoms with van der Waals surface area (Å²) in [5.74, 6) is 6.52. The van der Waals surface area contributed by atoms with Crippen LogP contribution in [0.3, 0.4) is 0 Å². The lowest BCUT2D eigenvalue weighted by Gasteiger charge is -2.67. The number of hydrogen-bond acceptors (Lipinski definition) is 9. The van der Waals surface area contributed by atoms with Gasteiger partial charge in [-0.2, -0.15) is 0 Å². The number of hydrogen-bond donors (Lipinski definition) is 7. The van der Waals surface area contributed by atoms with E-state index in [-0.39, 0.29) is 71.5 Å². The Balaban J connectivity index is 1.35. The van der Waals surface area contributed by atoms with Crippen LogP contribution in [0.15, 0.2) is 54.6 Å². The van der Waals surface area contributed by atoms with E-state index in [2.05, 4.69) is 41.5 Å². The molecule has 1 saturated heterocycles. The molecule has 9 heteroatoms. The summed E-state index contributed by atoms with van der Waals surface area (Å²) >= 11 is 0. The summed E-state index contributed by atoms with van der Waals surface area (Å²) in [6.07, 6.45) is 6.93. The van der Waals surface area contributed by atoms with Crippen molar-refractivity contribution in [3.05, 3.63) is 82.4 Å². The molecule has 12 atom stereocenters. The quantitative estimate of drug-likeness (QED) is 0.0642. The summed E-state index contributed by atoms with van der Waals surface area (Å²) in [7, 11) is 3.50. The van der Waals surface area contributed by atoms with Crippen molar-refractivity contribution in [1.82, 2.24) is 10.6 Å². The van der Waals surface area contributed by atoms with Crippen LogP contribution in [0.25, 0.3) is 0 Å². The van der Waals surface area contributed by atoms with E-state index in [9.17, 15) is 25.5 Å².